The van der Waals surface area contributed by atoms with Crippen LogP contribution in [0.2, 0.25) is 30.2 Å². The first-order valence-electron chi connectivity index (χ1n) is 3.85. The lowest BCUT2D eigenvalue weighted by molar-refractivity contribution is 1.16. The van der Waals surface area contributed by atoms with E-state index in [1.165, 1.54) is 18.1 Å². The molecule has 0 aromatic rings. The van der Waals surface area contributed by atoms with E-state index in [4.69, 9.17) is 0 Å². The van der Waals surface area contributed by atoms with Crippen LogP contribution in [0, 0.1) is 0 Å². The van der Waals surface area contributed by atoms with E-state index < -0.39 is 5.31 Å². The fourth-order valence-corrected chi connectivity index (χ4v) is 15.4. The van der Waals surface area contributed by atoms with Crippen molar-refractivity contribution in [1.82, 2.24) is 0 Å². The molecule has 0 amide bonds. The molecule has 1 fully saturated rings. The molecule has 1 heterocycles. The average molecular weight is 301 g/mol. The van der Waals surface area contributed by atoms with Gasteiger partial charge >= 0.3 is 0 Å². The highest BCUT2D eigenvalue weighted by Gasteiger charge is 2.32. The minimum Gasteiger partial charge on any atom is -0.111 e. The summed E-state index contributed by atoms with van der Waals surface area (Å²) in [7, 11) is 0.117. The molecule has 0 saturated carbocycles. The molecule has 0 aliphatic carbocycles. The molecule has 1 saturated heterocycles. The quantitative estimate of drug-likeness (QED) is 0.511. The van der Waals surface area contributed by atoms with Crippen LogP contribution in [0.3, 0.4) is 0 Å². The SMILES string of the molecule is CC[Si]1CC[Si](Br)(Br)CC1. The first-order chi connectivity index (χ1) is 4.64. The summed E-state index contributed by atoms with van der Waals surface area (Å²) in [6.07, 6.45) is 0. The summed E-state index contributed by atoms with van der Waals surface area (Å²) in [6.45, 7) is 2.35. The van der Waals surface area contributed by atoms with Crippen LogP contribution >= 0.6 is 30.6 Å². The maximum Gasteiger partial charge on any atom is 0.200 e. The third kappa shape index (κ3) is 2.79. The van der Waals surface area contributed by atoms with E-state index in [1.807, 2.05) is 0 Å². The molecule has 0 aromatic carbocycles. The van der Waals surface area contributed by atoms with Gasteiger partial charge in [-0.15, -0.1) is 30.6 Å². The second kappa shape index (κ2) is 3.87. The van der Waals surface area contributed by atoms with Gasteiger partial charge in [0.15, 0.2) is 0 Å². The van der Waals surface area contributed by atoms with Crippen molar-refractivity contribution in [2.45, 2.75) is 37.1 Å². The van der Waals surface area contributed by atoms with Gasteiger partial charge in [0.05, 0.1) is 0 Å². The molecule has 0 aromatic heterocycles. The maximum absolute atomic E-state index is 3.82. The highest BCUT2D eigenvalue weighted by atomic mass is 79.9. The van der Waals surface area contributed by atoms with Crippen molar-refractivity contribution >= 4 is 44.7 Å². The molecule has 0 nitrogen and oxygen atoms in total. The van der Waals surface area contributed by atoms with E-state index in [1.54, 1.807) is 12.1 Å². The Morgan fingerprint density at radius 3 is 2.20 bits per heavy atom. The van der Waals surface area contributed by atoms with Crippen molar-refractivity contribution in [1.29, 1.82) is 0 Å². The lowest BCUT2D eigenvalue weighted by Gasteiger charge is -2.27. The van der Waals surface area contributed by atoms with Crippen molar-refractivity contribution < 1.29 is 0 Å². The lowest BCUT2D eigenvalue weighted by atomic mass is 10.9. The fourth-order valence-electron chi connectivity index (χ4n) is 1.32. The summed E-state index contributed by atoms with van der Waals surface area (Å²) < 4.78 is 0. The third-order valence-electron chi connectivity index (χ3n) is 2.19. The van der Waals surface area contributed by atoms with Crippen LogP contribution in [-0.4, -0.2) is 14.1 Å². The van der Waals surface area contributed by atoms with Gasteiger partial charge in [-0.05, 0) is 12.1 Å². The Kier molecular flexibility index (Phi) is 3.67. The Morgan fingerprint density at radius 2 is 1.80 bits per heavy atom. The van der Waals surface area contributed by atoms with Gasteiger partial charge < -0.3 is 0 Å². The number of halogens is 2. The topological polar surface area (TPSA) is 0 Å². The summed E-state index contributed by atoms with van der Waals surface area (Å²) >= 11 is 7.64. The molecule has 0 spiro atoms. The predicted octanol–water partition coefficient (Wildman–Crippen LogP) is 3.75. The van der Waals surface area contributed by atoms with Crippen LogP contribution in [0.4, 0.5) is 0 Å². The van der Waals surface area contributed by atoms with Gasteiger partial charge in [0.25, 0.3) is 0 Å². The van der Waals surface area contributed by atoms with Crippen LogP contribution in [0.15, 0.2) is 0 Å². The average Bonchev–Trinajstić information content (AvgIpc) is 1.88. The monoisotopic (exact) mass is 299 g/mol. The largest absolute Gasteiger partial charge is 0.200 e. The van der Waals surface area contributed by atoms with Gasteiger partial charge in [0.2, 0.25) is 5.31 Å². The molecule has 1 aliphatic rings. The highest BCUT2D eigenvalue weighted by Crippen LogP contribution is 2.39. The van der Waals surface area contributed by atoms with Crippen molar-refractivity contribution in [3.8, 4) is 0 Å². The van der Waals surface area contributed by atoms with E-state index in [-0.39, 0.29) is 8.80 Å². The Morgan fingerprint density at radius 1 is 1.30 bits per heavy atom. The minimum atomic E-state index is -0.998. The van der Waals surface area contributed by atoms with Crippen molar-refractivity contribution in [2.24, 2.45) is 0 Å². The molecule has 1 radical (unpaired) electrons. The van der Waals surface area contributed by atoms with E-state index in [2.05, 4.69) is 37.5 Å². The molecular weight excluding hydrogens is 288 g/mol. The van der Waals surface area contributed by atoms with Crippen molar-refractivity contribution in [2.75, 3.05) is 0 Å². The Bertz CT molecular complexity index is 106. The van der Waals surface area contributed by atoms with E-state index in [9.17, 15) is 0 Å². The third-order valence-corrected chi connectivity index (χ3v) is 12.8. The normalized spacial score (nSPS) is 26.7. The van der Waals surface area contributed by atoms with Gasteiger partial charge in [-0.25, -0.2) is 0 Å². The van der Waals surface area contributed by atoms with Crippen LogP contribution in [0.25, 0.3) is 0 Å². The summed E-state index contributed by atoms with van der Waals surface area (Å²) in [5.74, 6) is 0. The standard InChI is InChI=1S/C6H13Br2Si2/c1-2-9-3-5-10(7,8)6-4-9/h2-6H2,1H3. The molecular formula is C6H13Br2Si2. The van der Waals surface area contributed by atoms with Crippen LogP contribution in [0.1, 0.15) is 6.92 Å². The number of hydrogen-bond donors (Lipinski definition) is 0. The number of hydrogen-bond acceptors (Lipinski definition) is 0. The second-order valence-electron chi connectivity index (χ2n) is 2.96. The maximum atomic E-state index is 3.82. The number of rotatable bonds is 1. The fraction of sp³-hybridized carbons (Fsp3) is 1.00. The van der Waals surface area contributed by atoms with Crippen LogP contribution in [-0.2, 0) is 0 Å². The summed E-state index contributed by atoms with van der Waals surface area (Å²) in [5.41, 5.74) is 0. The summed E-state index contributed by atoms with van der Waals surface area (Å²) in [6, 6.07) is 7.51. The smallest absolute Gasteiger partial charge is 0.111 e. The van der Waals surface area contributed by atoms with E-state index in [0.717, 1.165) is 0 Å². The van der Waals surface area contributed by atoms with Gasteiger partial charge in [-0.3, -0.25) is 0 Å². The zero-order valence-electron chi connectivity index (χ0n) is 6.29. The Balaban J connectivity index is 2.31. The second-order valence-corrected chi connectivity index (χ2v) is 21.2. The molecule has 0 unspecified atom stereocenters. The highest BCUT2D eigenvalue weighted by molar-refractivity contribution is 9.51. The van der Waals surface area contributed by atoms with Gasteiger partial charge in [-0.1, -0.05) is 25.1 Å². The molecule has 59 valence electrons. The molecule has 1 rings (SSSR count). The zero-order valence-corrected chi connectivity index (χ0v) is 11.5. The molecule has 0 atom stereocenters. The Hall–Kier alpha value is 1.39. The van der Waals surface area contributed by atoms with Crippen molar-refractivity contribution in [3.63, 3.8) is 0 Å². The zero-order chi connectivity index (χ0) is 7.61. The lowest BCUT2D eigenvalue weighted by Crippen LogP contribution is -2.28. The van der Waals surface area contributed by atoms with Crippen LogP contribution in [0.5, 0.6) is 0 Å². The Labute approximate surface area is 81.6 Å². The molecule has 10 heavy (non-hydrogen) atoms. The predicted molar refractivity (Wildman–Crippen MR) is 59.1 cm³/mol. The van der Waals surface area contributed by atoms with E-state index in [0.29, 0.717) is 0 Å². The molecule has 0 N–H and O–H groups in total. The van der Waals surface area contributed by atoms with Crippen LogP contribution < -0.4 is 0 Å². The van der Waals surface area contributed by atoms with E-state index >= 15 is 0 Å². The first-order valence-corrected chi connectivity index (χ1v) is 12.9. The van der Waals surface area contributed by atoms with Gasteiger partial charge in [0.1, 0.15) is 0 Å². The van der Waals surface area contributed by atoms with Crippen molar-refractivity contribution in [3.05, 3.63) is 0 Å². The molecule has 4 heteroatoms. The minimum absolute atomic E-state index is 0.117. The summed E-state index contributed by atoms with van der Waals surface area (Å²) in [5, 5.41) is -0.998. The molecule has 1 aliphatic heterocycles. The summed E-state index contributed by atoms with van der Waals surface area (Å²) in [4.78, 5) is 0. The molecule has 0 bridgehead atoms. The first kappa shape index (κ1) is 9.48. The van der Waals surface area contributed by atoms with Gasteiger partial charge in [0, 0.05) is 8.80 Å². The van der Waals surface area contributed by atoms with Gasteiger partial charge in [-0.2, -0.15) is 0 Å².